The van der Waals surface area contributed by atoms with Crippen molar-refractivity contribution in [1.29, 1.82) is 0 Å². The Hall–Kier alpha value is -0.0500. The van der Waals surface area contributed by atoms with Gasteiger partial charge in [0.05, 0.1) is 5.16 Å². The summed E-state index contributed by atoms with van der Waals surface area (Å²) in [6, 6.07) is 0. The van der Waals surface area contributed by atoms with Crippen molar-refractivity contribution in [3.8, 4) is 0 Å². The summed E-state index contributed by atoms with van der Waals surface area (Å²) < 4.78 is 0. The first kappa shape index (κ1) is 5.95. The molecule has 0 heterocycles. The lowest BCUT2D eigenvalue weighted by molar-refractivity contribution is 0.268. The van der Waals surface area contributed by atoms with Crippen LogP contribution in [0.25, 0.3) is 0 Å². The maximum Gasteiger partial charge on any atom is 0.321 e. The monoisotopic (exact) mass is 165 g/mol. The number of halogens is 1. The normalized spacial score (nSPS) is 6.17. The second-order valence-corrected chi connectivity index (χ2v) is 1.32. The van der Waals surface area contributed by atoms with Gasteiger partial charge in [-0.3, -0.25) is 4.79 Å². The Bertz CT molecular complexity index is 106. The minimum atomic E-state index is -0.488. The second-order valence-electron chi connectivity index (χ2n) is 0.456. The highest BCUT2D eigenvalue weighted by Gasteiger charge is 1.78. The molecule has 0 radical (unpaired) electrons. The molecule has 0 aliphatic rings. The van der Waals surface area contributed by atoms with Crippen LogP contribution in [0.2, 0.25) is 0 Å². The number of amides is 1. The SMILES string of the molecule is O=C(Br)N=C=S. The van der Waals surface area contributed by atoms with E-state index in [4.69, 9.17) is 0 Å². The van der Waals surface area contributed by atoms with E-state index in [9.17, 15) is 4.79 Å². The average Bonchev–Trinajstić information content (AvgIpc) is 1.35. The standard InChI is InChI=1S/C2BrNOS/c3-2(5)4-1-6. The molecule has 0 aliphatic heterocycles. The Kier molecular flexibility index (Phi) is 3.13. The van der Waals surface area contributed by atoms with E-state index < -0.39 is 4.82 Å². The first-order valence-corrected chi connectivity index (χ1v) is 2.25. The Balaban J connectivity index is 3.60. The first-order chi connectivity index (χ1) is 2.77. The number of thiocarbonyl (C=S) groups is 1. The molecule has 2 nitrogen and oxygen atoms in total. The molecule has 0 N–H and O–H groups in total. The van der Waals surface area contributed by atoms with E-state index in [-0.39, 0.29) is 0 Å². The summed E-state index contributed by atoms with van der Waals surface area (Å²) in [7, 11) is 0. The molecule has 0 fully saturated rings. The molecule has 0 aliphatic carbocycles. The molecule has 0 saturated heterocycles. The fourth-order valence-electron chi connectivity index (χ4n) is 0.0359. The van der Waals surface area contributed by atoms with Gasteiger partial charge in [-0.25, -0.2) is 0 Å². The highest BCUT2D eigenvalue weighted by Crippen LogP contribution is 1.84. The van der Waals surface area contributed by atoms with Gasteiger partial charge in [0.15, 0.2) is 0 Å². The van der Waals surface area contributed by atoms with Crippen LogP contribution in [-0.4, -0.2) is 9.98 Å². The average molecular weight is 166 g/mol. The quantitative estimate of drug-likeness (QED) is 0.236. The smallest absolute Gasteiger partial charge is 0.258 e. The van der Waals surface area contributed by atoms with Gasteiger partial charge in [0.2, 0.25) is 0 Å². The van der Waals surface area contributed by atoms with Gasteiger partial charge in [-0.15, -0.1) is 4.99 Å². The van der Waals surface area contributed by atoms with Crippen LogP contribution in [0.15, 0.2) is 4.99 Å². The van der Waals surface area contributed by atoms with E-state index in [1.165, 1.54) is 0 Å². The van der Waals surface area contributed by atoms with Crippen LogP contribution < -0.4 is 0 Å². The molecule has 0 bridgehead atoms. The molecular formula is C2BrNOS. The van der Waals surface area contributed by atoms with Crippen LogP contribution >= 0.6 is 28.1 Å². The van der Waals surface area contributed by atoms with Crippen molar-refractivity contribution in [2.75, 3.05) is 0 Å². The summed E-state index contributed by atoms with van der Waals surface area (Å²) in [6.07, 6.45) is 0. The number of hydrogen-bond donors (Lipinski definition) is 0. The fourth-order valence-corrected chi connectivity index (χ4v) is 0.325. The summed E-state index contributed by atoms with van der Waals surface area (Å²) in [5.74, 6) is 0. The summed E-state index contributed by atoms with van der Waals surface area (Å²) in [6.45, 7) is 0. The third-order valence-corrected chi connectivity index (χ3v) is 0.402. The number of hydrogen-bond acceptors (Lipinski definition) is 2. The molecule has 32 valence electrons. The van der Waals surface area contributed by atoms with Crippen molar-refractivity contribution in [3.05, 3.63) is 0 Å². The fraction of sp³-hybridized carbons (Fsp3) is 0. The number of rotatable bonds is 0. The van der Waals surface area contributed by atoms with Crippen LogP contribution in [0.5, 0.6) is 0 Å². The lowest BCUT2D eigenvalue weighted by atomic mass is 11.4. The molecule has 0 aromatic heterocycles. The lowest BCUT2D eigenvalue weighted by Crippen LogP contribution is -1.64. The van der Waals surface area contributed by atoms with Crippen molar-refractivity contribution < 1.29 is 4.79 Å². The van der Waals surface area contributed by atoms with Gasteiger partial charge in [0.25, 0.3) is 0 Å². The van der Waals surface area contributed by atoms with Gasteiger partial charge in [-0.1, -0.05) is 0 Å². The van der Waals surface area contributed by atoms with E-state index in [1.54, 1.807) is 0 Å². The van der Waals surface area contributed by atoms with Crippen molar-refractivity contribution >= 4 is 38.1 Å². The maximum atomic E-state index is 9.66. The summed E-state index contributed by atoms with van der Waals surface area (Å²) in [5, 5.41) is 1.88. The van der Waals surface area contributed by atoms with Gasteiger partial charge in [0, 0.05) is 15.9 Å². The minimum Gasteiger partial charge on any atom is -0.258 e. The van der Waals surface area contributed by atoms with Gasteiger partial charge in [0.1, 0.15) is 0 Å². The molecule has 0 saturated carbocycles. The van der Waals surface area contributed by atoms with Crippen molar-refractivity contribution in [1.82, 2.24) is 0 Å². The number of carbonyl (C=O) groups excluding carboxylic acids is 1. The van der Waals surface area contributed by atoms with Gasteiger partial charge in [-0.2, -0.15) is 0 Å². The molecule has 0 aromatic rings. The zero-order chi connectivity index (χ0) is 4.99. The van der Waals surface area contributed by atoms with Crippen molar-refractivity contribution in [2.45, 2.75) is 0 Å². The van der Waals surface area contributed by atoms with Crippen LogP contribution in [0.4, 0.5) is 4.79 Å². The Morgan fingerprint density at radius 1 is 2.00 bits per heavy atom. The summed E-state index contributed by atoms with van der Waals surface area (Å²) in [5.41, 5.74) is 0. The van der Waals surface area contributed by atoms with Gasteiger partial charge < -0.3 is 0 Å². The molecule has 6 heavy (non-hydrogen) atoms. The van der Waals surface area contributed by atoms with Crippen LogP contribution in [0.1, 0.15) is 0 Å². The Morgan fingerprint density at radius 2 is 2.50 bits per heavy atom. The zero-order valence-corrected chi connectivity index (χ0v) is 5.04. The predicted molar refractivity (Wildman–Crippen MR) is 29.3 cm³/mol. The Morgan fingerprint density at radius 3 is 2.50 bits per heavy atom. The maximum absolute atomic E-state index is 9.66. The van der Waals surface area contributed by atoms with Crippen molar-refractivity contribution in [2.24, 2.45) is 4.99 Å². The molecule has 4 heteroatoms. The lowest BCUT2D eigenvalue weighted by Gasteiger charge is -1.60. The molecule has 0 unspecified atom stereocenters. The summed E-state index contributed by atoms with van der Waals surface area (Å²) in [4.78, 5) is 12.1. The second kappa shape index (κ2) is 3.15. The molecule has 0 atom stereocenters. The van der Waals surface area contributed by atoms with E-state index in [1.807, 2.05) is 5.16 Å². The van der Waals surface area contributed by atoms with Crippen LogP contribution in [0.3, 0.4) is 0 Å². The van der Waals surface area contributed by atoms with E-state index in [0.717, 1.165) is 0 Å². The third kappa shape index (κ3) is 3.95. The van der Waals surface area contributed by atoms with Gasteiger partial charge in [-0.05, 0) is 12.2 Å². The van der Waals surface area contributed by atoms with Crippen molar-refractivity contribution in [3.63, 3.8) is 0 Å². The number of isothiocyanates is 1. The largest absolute Gasteiger partial charge is 0.321 e. The minimum absolute atomic E-state index is 0.488. The zero-order valence-electron chi connectivity index (χ0n) is 2.64. The summed E-state index contributed by atoms with van der Waals surface area (Å²) >= 11 is 6.56. The van der Waals surface area contributed by atoms with Crippen LogP contribution in [0, 0.1) is 0 Å². The molecule has 0 aromatic carbocycles. The highest BCUT2D eigenvalue weighted by molar-refractivity contribution is 9.18. The first-order valence-electron chi connectivity index (χ1n) is 1.04. The number of nitrogens with zero attached hydrogens (tertiary/aromatic N) is 1. The predicted octanol–water partition coefficient (Wildman–Crippen LogP) is 1.60. The number of aliphatic imine (C=N–C) groups is 1. The van der Waals surface area contributed by atoms with E-state index >= 15 is 0 Å². The molecular weight excluding hydrogens is 166 g/mol. The molecule has 0 spiro atoms. The van der Waals surface area contributed by atoms with E-state index in [0.29, 0.717) is 0 Å². The topological polar surface area (TPSA) is 29.4 Å². The molecule has 0 rings (SSSR count). The third-order valence-electron chi connectivity index (χ3n) is 0.134. The number of carbonyl (C=O) groups is 1. The Labute approximate surface area is 48.4 Å². The van der Waals surface area contributed by atoms with E-state index in [2.05, 4.69) is 33.1 Å². The highest BCUT2D eigenvalue weighted by atomic mass is 79.9. The van der Waals surface area contributed by atoms with Gasteiger partial charge >= 0.3 is 4.82 Å². The van der Waals surface area contributed by atoms with Crippen LogP contribution in [-0.2, 0) is 0 Å². The molecule has 1 amide bonds.